The summed E-state index contributed by atoms with van der Waals surface area (Å²) in [4.78, 5) is 27.2. The number of ether oxygens (including phenoxy) is 2. The molecule has 1 heterocycles. The van der Waals surface area contributed by atoms with Crippen LogP contribution in [0.5, 0.6) is 11.5 Å². The maximum absolute atomic E-state index is 12.3. The summed E-state index contributed by atoms with van der Waals surface area (Å²) in [6.07, 6.45) is 0.770. The molecule has 6 nitrogen and oxygen atoms in total. The van der Waals surface area contributed by atoms with Crippen LogP contribution in [0.3, 0.4) is 0 Å². The van der Waals surface area contributed by atoms with Gasteiger partial charge in [-0.2, -0.15) is 0 Å². The largest absolute Gasteiger partial charge is 0.493 e. The van der Waals surface area contributed by atoms with Crippen LogP contribution in [-0.2, 0) is 17.6 Å². The number of amides is 1. The summed E-state index contributed by atoms with van der Waals surface area (Å²) in [6, 6.07) is 14.9. The van der Waals surface area contributed by atoms with Gasteiger partial charge in [0.1, 0.15) is 0 Å². The van der Waals surface area contributed by atoms with Gasteiger partial charge in [-0.3, -0.25) is 9.59 Å². The molecule has 2 N–H and O–H groups in total. The van der Waals surface area contributed by atoms with Crippen molar-refractivity contribution in [3.8, 4) is 11.5 Å². The molecule has 0 saturated carbocycles. The Hall–Kier alpha value is -3.28. The van der Waals surface area contributed by atoms with E-state index in [0.717, 1.165) is 10.9 Å². The van der Waals surface area contributed by atoms with Crippen molar-refractivity contribution in [2.75, 3.05) is 20.8 Å². The van der Waals surface area contributed by atoms with Crippen LogP contribution in [-0.4, -0.2) is 31.7 Å². The summed E-state index contributed by atoms with van der Waals surface area (Å²) in [5.41, 5.74) is 2.07. The summed E-state index contributed by atoms with van der Waals surface area (Å²) in [7, 11) is 3.12. The first kappa shape index (κ1) is 18.5. The lowest BCUT2D eigenvalue weighted by atomic mass is 10.1. The lowest BCUT2D eigenvalue weighted by Gasteiger charge is -2.10. The fraction of sp³-hybridized carbons (Fsp3) is 0.238. The number of hydrogen-bond acceptors (Lipinski definition) is 4. The van der Waals surface area contributed by atoms with Crippen LogP contribution in [0.4, 0.5) is 0 Å². The summed E-state index contributed by atoms with van der Waals surface area (Å²) in [5.74, 6) is 1.09. The number of carbonyl (C=O) groups is 1. The summed E-state index contributed by atoms with van der Waals surface area (Å²) < 4.78 is 10.6. The fourth-order valence-electron chi connectivity index (χ4n) is 2.94. The molecule has 0 saturated heterocycles. The maximum atomic E-state index is 12.3. The summed E-state index contributed by atoms with van der Waals surface area (Å²) in [6.45, 7) is 0.396. The number of aromatic amines is 1. The molecule has 0 radical (unpaired) electrons. The Bertz CT molecular complexity index is 996. The molecule has 0 aliphatic rings. The molecule has 0 spiro atoms. The van der Waals surface area contributed by atoms with Crippen LogP contribution < -0.4 is 20.3 Å². The van der Waals surface area contributed by atoms with Gasteiger partial charge in [0.15, 0.2) is 11.5 Å². The smallest absolute Gasteiger partial charge is 0.251 e. The Labute approximate surface area is 157 Å². The molecule has 1 amide bonds. The zero-order valence-corrected chi connectivity index (χ0v) is 15.4. The van der Waals surface area contributed by atoms with Gasteiger partial charge in [0.25, 0.3) is 5.56 Å². The highest BCUT2D eigenvalue weighted by Gasteiger charge is 2.10. The van der Waals surface area contributed by atoms with Crippen molar-refractivity contribution in [2.45, 2.75) is 12.8 Å². The fourth-order valence-corrected chi connectivity index (χ4v) is 2.94. The zero-order valence-electron chi connectivity index (χ0n) is 15.4. The molecular formula is C21H22N2O4. The SMILES string of the molecule is COc1cc2cc(CCNC(=O)Cc3ccccc3)c(=O)[nH]c2cc1OC. The van der Waals surface area contributed by atoms with E-state index in [-0.39, 0.29) is 11.5 Å². The highest BCUT2D eigenvalue weighted by atomic mass is 16.5. The van der Waals surface area contributed by atoms with Crippen LogP contribution in [0.25, 0.3) is 10.9 Å². The summed E-state index contributed by atoms with van der Waals surface area (Å²) >= 11 is 0. The third kappa shape index (κ3) is 4.47. The van der Waals surface area contributed by atoms with Crippen molar-refractivity contribution < 1.29 is 14.3 Å². The Morgan fingerprint density at radius 2 is 1.74 bits per heavy atom. The lowest BCUT2D eigenvalue weighted by Crippen LogP contribution is -2.28. The number of pyridine rings is 1. The van der Waals surface area contributed by atoms with Crippen molar-refractivity contribution in [3.63, 3.8) is 0 Å². The quantitative estimate of drug-likeness (QED) is 0.673. The van der Waals surface area contributed by atoms with Gasteiger partial charge in [0.05, 0.1) is 26.2 Å². The molecule has 0 atom stereocenters. The first-order valence-corrected chi connectivity index (χ1v) is 8.69. The van der Waals surface area contributed by atoms with Crippen LogP contribution >= 0.6 is 0 Å². The number of nitrogens with one attached hydrogen (secondary N) is 2. The van der Waals surface area contributed by atoms with Gasteiger partial charge in [-0.25, -0.2) is 0 Å². The molecule has 0 unspecified atom stereocenters. The van der Waals surface area contributed by atoms with Gasteiger partial charge >= 0.3 is 0 Å². The average Bonchev–Trinajstić information content (AvgIpc) is 2.68. The van der Waals surface area contributed by atoms with E-state index in [1.54, 1.807) is 20.3 Å². The van der Waals surface area contributed by atoms with E-state index in [1.807, 2.05) is 42.5 Å². The molecule has 0 fully saturated rings. The number of methoxy groups -OCH3 is 2. The average molecular weight is 366 g/mol. The third-order valence-corrected chi connectivity index (χ3v) is 4.35. The summed E-state index contributed by atoms with van der Waals surface area (Å²) in [5, 5.41) is 3.70. The predicted octanol–water partition coefficient (Wildman–Crippen LogP) is 2.45. The second kappa shape index (κ2) is 8.40. The van der Waals surface area contributed by atoms with E-state index in [9.17, 15) is 9.59 Å². The molecule has 1 aromatic heterocycles. The standard InChI is InChI=1S/C21H22N2O4/c1-26-18-12-16-11-15(21(25)23-17(16)13-19(18)27-2)8-9-22-20(24)10-14-6-4-3-5-7-14/h3-7,11-13H,8-10H2,1-2H3,(H,22,24)(H,23,25). The molecule has 2 aromatic carbocycles. The topological polar surface area (TPSA) is 80.4 Å². The van der Waals surface area contributed by atoms with E-state index in [1.165, 1.54) is 0 Å². The lowest BCUT2D eigenvalue weighted by molar-refractivity contribution is -0.120. The van der Waals surface area contributed by atoms with Gasteiger partial charge < -0.3 is 19.8 Å². The monoisotopic (exact) mass is 366 g/mol. The number of hydrogen-bond donors (Lipinski definition) is 2. The first-order chi connectivity index (χ1) is 13.1. The minimum Gasteiger partial charge on any atom is -0.493 e. The van der Waals surface area contributed by atoms with E-state index in [2.05, 4.69) is 10.3 Å². The highest BCUT2D eigenvalue weighted by Crippen LogP contribution is 2.30. The normalized spacial score (nSPS) is 10.6. The molecular weight excluding hydrogens is 344 g/mol. The molecule has 6 heteroatoms. The molecule has 0 bridgehead atoms. The molecule has 3 rings (SSSR count). The van der Waals surface area contributed by atoms with E-state index in [0.29, 0.717) is 42.0 Å². The van der Waals surface area contributed by atoms with Crippen LogP contribution in [0.15, 0.2) is 53.3 Å². The van der Waals surface area contributed by atoms with Gasteiger partial charge in [0, 0.05) is 23.6 Å². The maximum Gasteiger partial charge on any atom is 0.251 e. The molecule has 3 aromatic rings. The third-order valence-electron chi connectivity index (χ3n) is 4.35. The Balaban J connectivity index is 1.68. The van der Waals surface area contributed by atoms with Crippen molar-refractivity contribution in [2.24, 2.45) is 0 Å². The van der Waals surface area contributed by atoms with Gasteiger partial charge in [0.2, 0.25) is 5.91 Å². The molecule has 0 aliphatic heterocycles. The van der Waals surface area contributed by atoms with Gasteiger partial charge in [-0.05, 0) is 24.1 Å². The number of carbonyl (C=O) groups excluding carboxylic acids is 1. The van der Waals surface area contributed by atoms with Crippen LogP contribution in [0, 0.1) is 0 Å². The van der Waals surface area contributed by atoms with E-state index < -0.39 is 0 Å². The van der Waals surface area contributed by atoms with Gasteiger partial charge in [-0.1, -0.05) is 30.3 Å². The number of benzene rings is 2. The second-order valence-corrected chi connectivity index (χ2v) is 6.18. The van der Waals surface area contributed by atoms with Crippen molar-refractivity contribution >= 4 is 16.8 Å². The van der Waals surface area contributed by atoms with Crippen molar-refractivity contribution in [3.05, 3.63) is 70.0 Å². The highest BCUT2D eigenvalue weighted by molar-refractivity contribution is 5.83. The van der Waals surface area contributed by atoms with Crippen LogP contribution in [0.2, 0.25) is 0 Å². The minimum absolute atomic E-state index is 0.0650. The van der Waals surface area contributed by atoms with E-state index in [4.69, 9.17) is 9.47 Å². The molecule has 0 aliphatic carbocycles. The van der Waals surface area contributed by atoms with Gasteiger partial charge in [-0.15, -0.1) is 0 Å². The second-order valence-electron chi connectivity index (χ2n) is 6.18. The number of rotatable bonds is 7. The Kier molecular flexibility index (Phi) is 5.76. The number of aromatic nitrogens is 1. The molecule has 140 valence electrons. The van der Waals surface area contributed by atoms with Crippen molar-refractivity contribution in [1.29, 1.82) is 0 Å². The Morgan fingerprint density at radius 3 is 2.44 bits per heavy atom. The van der Waals surface area contributed by atoms with Crippen molar-refractivity contribution in [1.82, 2.24) is 10.3 Å². The zero-order chi connectivity index (χ0) is 19.2. The number of fused-ring (bicyclic) bond motifs is 1. The minimum atomic E-state index is -0.174. The van der Waals surface area contributed by atoms with Crippen LogP contribution in [0.1, 0.15) is 11.1 Å². The first-order valence-electron chi connectivity index (χ1n) is 8.69. The predicted molar refractivity (Wildman–Crippen MR) is 105 cm³/mol. The Morgan fingerprint density at radius 1 is 1.04 bits per heavy atom. The molecule has 27 heavy (non-hydrogen) atoms. The number of H-pyrrole nitrogens is 1. The van der Waals surface area contributed by atoms with E-state index >= 15 is 0 Å².